The van der Waals surface area contributed by atoms with E-state index >= 15 is 0 Å². The standard InChI is InChI=1S/C12H20N4/c1-15-8-5-12(14-15)16-7-2-6-13-11(9-16)10-3-4-10/h5,8,10-11,13H,2-4,6-7,9H2,1H3. The van der Waals surface area contributed by atoms with Gasteiger partial charge in [-0.15, -0.1) is 0 Å². The molecule has 0 spiro atoms. The Hall–Kier alpha value is -1.03. The molecule has 0 bridgehead atoms. The molecule has 1 atom stereocenters. The highest BCUT2D eigenvalue weighted by Crippen LogP contribution is 2.34. The highest BCUT2D eigenvalue weighted by Gasteiger charge is 2.33. The lowest BCUT2D eigenvalue weighted by atomic mass is 10.2. The van der Waals surface area contributed by atoms with E-state index in [1.165, 1.54) is 19.3 Å². The van der Waals surface area contributed by atoms with Crippen molar-refractivity contribution in [2.75, 3.05) is 24.5 Å². The molecule has 1 N–H and O–H groups in total. The van der Waals surface area contributed by atoms with E-state index < -0.39 is 0 Å². The molecule has 1 aromatic rings. The van der Waals surface area contributed by atoms with Crippen LogP contribution in [0.15, 0.2) is 12.3 Å². The van der Waals surface area contributed by atoms with Crippen LogP contribution in [0, 0.1) is 5.92 Å². The molecular weight excluding hydrogens is 200 g/mol. The SMILES string of the molecule is Cn1ccc(N2CCCNC(C3CC3)C2)n1. The van der Waals surface area contributed by atoms with Gasteiger partial charge < -0.3 is 10.2 Å². The quantitative estimate of drug-likeness (QED) is 0.807. The molecule has 1 aliphatic heterocycles. The summed E-state index contributed by atoms with van der Waals surface area (Å²) in [6, 6.07) is 2.81. The maximum absolute atomic E-state index is 4.51. The van der Waals surface area contributed by atoms with Crippen LogP contribution < -0.4 is 10.2 Å². The lowest BCUT2D eigenvalue weighted by Crippen LogP contribution is -2.39. The van der Waals surface area contributed by atoms with E-state index in [1.54, 1.807) is 0 Å². The molecule has 1 aliphatic carbocycles. The van der Waals surface area contributed by atoms with Crippen molar-refractivity contribution in [3.63, 3.8) is 0 Å². The fourth-order valence-corrected chi connectivity index (χ4v) is 2.54. The van der Waals surface area contributed by atoms with Crippen molar-refractivity contribution >= 4 is 5.82 Å². The summed E-state index contributed by atoms with van der Waals surface area (Å²) in [5.74, 6) is 2.06. The summed E-state index contributed by atoms with van der Waals surface area (Å²) in [5.41, 5.74) is 0. The summed E-state index contributed by atoms with van der Waals surface area (Å²) in [6.45, 7) is 3.42. The van der Waals surface area contributed by atoms with E-state index in [2.05, 4.69) is 21.4 Å². The molecule has 88 valence electrons. The van der Waals surface area contributed by atoms with Crippen molar-refractivity contribution in [3.05, 3.63) is 12.3 Å². The van der Waals surface area contributed by atoms with Gasteiger partial charge in [0.25, 0.3) is 0 Å². The molecule has 3 rings (SSSR count). The number of nitrogens with zero attached hydrogens (tertiary/aromatic N) is 3. The lowest BCUT2D eigenvalue weighted by Gasteiger charge is -2.24. The third kappa shape index (κ3) is 2.07. The Morgan fingerprint density at radius 1 is 1.44 bits per heavy atom. The summed E-state index contributed by atoms with van der Waals surface area (Å²) in [4.78, 5) is 2.43. The highest BCUT2D eigenvalue weighted by molar-refractivity contribution is 5.37. The second kappa shape index (κ2) is 4.09. The van der Waals surface area contributed by atoms with Gasteiger partial charge in [0.2, 0.25) is 0 Å². The zero-order chi connectivity index (χ0) is 11.0. The first kappa shape index (κ1) is 10.1. The van der Waals surface area contributed by atoms with Crippen LogP contribution in [0.1, 0.15) is 19.3 Å². The van der Waals surface area contributed by atoms with E-state index in [4.69, 9.17) is 0 Å². The van der Waals surface area contributed by atoms with Crippen molar-refractivity contribution in [3.8, 4) is 0 Å². The van der Waals surface area contributed by atoms with Crippen molar-refractivity contribution < 1.29 is 0 Å². The van der Waals surface area contributed by atoms with Gasteiger partial charge in [-0.3, -0.25) is 4.68 Å². The number of hydrogen-bond donors (Lipinski definition) is 1. The number of aromatic nitrogens is 2. The summed E-state index contributed by atoms with van der Waals surface area (Å²) >= 11 is 0. The van der Waals surface area contributed by atoms with Gasteiger partial charge in [-0.05, 0) is 31.7 Å². The third-order valence-electron chi connectivity index (χ3n) is 3.64. The van der Waals surface area contributed by atoms with Gasteiger partial charge >= 0.3 is 0 Å². The lowest BCUT2D eigenvalue weighted by molar-refractivity contribution is 0.489. The largest absolute Gasteiger partial charge is 0.354 e. The molecular formula is C12H20N4. The summed E-state index contributed by atoms with van der Waals surface area (Å²) in [5, 5.41) is 8.18. The van der Waals surface area contributed by atoms with E-state index in [-0.39, 0.29) is 0 Å². The van der Waals surface area contributed by atoms with Gasteiger partial charge in [-0.1, -0.05) is 0 Å². The molecule has 1 aromatic heterocycles. The van der Waals surface area contributed by atoms with Crippen molar-refractivity contribution in [2.45, 2.75) is 25.3 Å². The predicted octanol–water partition coefficient (Wildman–Crippen LogP) is 0.998. The average Bonchev–Trinajstić information content (AvgIpc) is 3.05. The van der Waals surface area contributed by atoms with Gasteiger partial charge in [0.15, 0.2) is 5.82 Å². The molecule has 0 radical (unpaired) electrons. The number of aryl methyl sites for hydroxylation is 1. The second-order valence-electron chi connectivity index (χ2n) is 5.05. The Balaban J connectivity index is 1.72. The van der Waals surface area contributed by atoms with Crippen LogP contribution in [-0.2, 0) is 7.05 Å². The smallest absolute Gasteiger partial charge is 0.150 e. The van der Waals surface area contributed by atoms with Crippen LogP contribution in [0.3, 0.4) is 0 Å². The zero-order valence-electron chi connectivity index (χ0n) is 9.89. The summed E-state index contributed by atoms with van der Waals surface area (Å²) in [7, 11) is 1.98. The zero-order valence-corrected chi connectivity index (χ0v) is 9.89. The van der Waals surface area contributed by atoms with Gasteiger partial charge in [0, 0.05) is 38.4 Å². The number of nitrogens with one attached hydrogen (secondary N) is 1. The molecule has 0 amide bonds. The number of rotatable bonds is 2. The first-order valence-electron chi connectivity index (χ1n) is 6.31. The van der Waals surface area contributed by atoms with Gasteiger partial charge in [0.05, 0.1) is 0 Å². The first-order chi connectivity index (χ1) is 7.83. The molecule has 2 aliphatic rings. The topological polar surface area (TPSA) is 33.1 Å². The molecule has 2 fully saturated rings. The first-order valence-corrected chi connectivity index (χ1v) is 6.31. The fraction of sp³-hybridized carbons (Fsp3) is 0.750. The molecule has 0 aromatic carbocycles. The van der Waals surface area contributed by atoms with Gasteiger partial charge in [-0.25, -0.2) is 0 Å². The number of hydrogen-bond acceptors (Lipinski definition) is 3. The molecule has 1 saturated carbocycles. The van der Waals surface area contributed by atoms with E-state index in [1.807, 2.05) is 17.9 Å². The maximum Gasteiger partial charge on any atom is 0.150 e. The number of anilines is 1. The van der Waals surface area contributed by atoms with Crippen LogP contribution in [0.5, 0.6) is 0 Å². The Bertz CT molecular complexity index is 356. The molecule has 1 unspecified atom stereocenters. The normalized spacial score (nSPS) is 26.8. The van der Waals surface area contributed by atoms with Crippen molar-refractivity contribution in [2.24, 2.45) is 13.0 Å². The van der Waals surface area contributed by atoms with Crippen LogP contribution in [0.2, 0.25) is 0 Å². The Morgan fingerprint density at radius 2 is 2.31 bits per heavy atom. The van der Waals surface area contributed by atoms with Gasteiger partial charge in [-0.2, -0.15) is 5.10 Å². The summed E-state index contributed by atoms with van der Waals surface area (Å²) < 4.78 is 1.89. The molecule has 4 nitrogen and oxygen atoms in total. The van der Waals surface area contributed by atoms with Crippen molar-refractivity contribution in [1.29, 1.82) is 0 Å². The Morgan fingerprint density at radius 3 is 3.00 bits per heavy atom. The average molecular weight is 220 g/mol. The maximum atomic E-state index is 4.51. The van der Waals surface area contributed by atoms with Crippen molar-refractivity contribution in [1.82, 2.24) is 15.1 Å². The van der Waals surface area contributed by atoms with Crippen LogP contribution in [0.25, 0.3) is 0 Å². The Kier molecular flexibility index (Phi) is 2.59. The van der Waals surface area contributed by atoms with Crippen LogP contribution >= 0.6 is 0 Å². The highest BCUT2D eigenvalue weighted by atomic mass is 15.3. The summed E-state index contributed by atoms with van der Waals surface area (Å²) in [6.07, 6.45) is 6.07. The molecule has 1 saturated heterocycles. The fourth-order valence-electron chi connectivity index (χ4n) is 2.54. The monoisotopic (exact) mass is 220 g/mol. The van der Waals surface area contributed by atoms with E-state index in [0.717, 1.165) is 31.4 Å². The van der Waals surface area contributed by atoms with E-state index in [9.17, 15) is 0 Å². The van der Waals surface area contributed by atoms with Crippen LogP contribution in [0.4, 0.5) is 5.82 Å². The van der Waals surface area contributed by atoms with Gasteiger partial charge in [0.1, 0.15) is 0 Å². The van der Waals surface area contributed by atoms with E-state index in [0.29, 0.717) is 6.04 Å². The molecule has 4 heteroatoms. The third-order valence-corrected chi connectivity index (χ3v) is 3.64. The minimum absolute atomic E-state index is 0.685. The predicted molar refractivity (Wildman–Crippen MR) is 64.6 cm³/mol. The molecule has 2 heterocycles. The Labute approximate surface area is 96.6 Å². The second-order valence-corrected chi connectivity index (χ2v) is 5.05. The minimum Gasteiger partial charge on any atom is -0.354 e. The van der Waals surface area contributed by atoms with Crippen LogP contribution in [-0.4, -0.2) is 35.5 Å². The minimum atomic E-state index is 0.685. The molecule has 16 heavy (non-hydrogen) atoms.